The molecule has 3 rings (SSSR count). The number of anilines is 1. The van der Waals surface area contributed by atoms with Gasteiger partial charge in [-0.1, -0.05) is 18.7 Å². The third-order valence-corrected chi connectivity index (χ3v) is 6.57. The van der Waals surface area contributed by atoms with Gasteiger partial charge in [0.25, 0.3) is 0 Å². The Kier molecular flexibility index (Phi) is 6.93. The molecule has 1 aromatic heterocycles. The van der Waals surface area contributed by atoms with Crippen molar-refractivity contribution in [2.24, 2.45) is 5.92 Å². The number of nitrogens with one attached hydrogen (secondary N) is 2. The Morgan fingerprint density at radius 3 is 2.69 bits per heavy atom. The van der Waals surface area contributed by atoms with Gasteiger partial charge >= 0.3 is 6.03 Å². The molecule has 26 heavy (non-hydrogen) atoms. The van der Waals surface area contributed by atoms with Crippen molar-refractivity contribution in [2.45, 2.75) is 35.9 Å². The number of carbonyl (C=O) groups is 1. The van der Waals surface area contributed by atoms with Crippen molar-refractivity contribution in [3.05, 3.63) is 35.3 Å². The zero-order valence-electron chi connectivity index (χ0n) is 15.3. The lowest BCUT2D eigenvalue weighted by Crippen LogP contribution is -2.40. The van der Waals surface area contributed by atoms with Gasteiger partial charge in [-0.3, -0.25) is 0 Å². The molecular formula is C19H26N4OS2. The van der Waals surface area contributed by atoms with Gasteiger partial charge in [-0.2, -0.15) is 0 Å². The molecule has 0 bridgehead atoms. The molecule has 140 valence electrons. The summed E-state index contributed by atoms with van der Waals surface area (Å²) >= 11 is 3.29. The van der Waals surface area contributed by atoms with E-state index in [-0.39, 0.29) is 6.03 Å². The molecule has 1 aromatic carbocycles. The number of thiazole rings is 1. The Morgan fingerprint density at radius 2 is 2.04 bits per heavy atom. The van der Waals surface area contributed by atoms with E-state index >= 15 is 0 Å². The van der Waals surface area contributed by atoms with Gasteiger partial charge in [-0.15, -0.1) is 11.3 Å². The topological polar surface area (TPSA) is 57.3 Å². The summed E-state index contributed by atoms with van der Waals surface area (Å²) < 4.78 is 1.04. The molecule has 0 aliphatic carbocycles. The third-order valence-electron chi connectivity index (χ3n) is 4.51. The van der Waals surface area contributed by atoms with E-state index in [9.17, 15) is 4.79 Å². The van der Waals surface area contributed by atoms with Crippen LogP contribution in [0.5, 0.6) is 0 Å². The second kappa shape index (κ2) is 9.39. The number of rotatable bonds is 6. The highest BCUT2D eigenvalue weighted by Crippen LogP contribution is 2.30. The Balaban J connectivity index is 1.38. The molecule has 0 atom stereocenters. The maximum atomic E-state index is 12.0. The summed E-state index contributed by atoms with van der Waals surface area (Å²) in [5.74, 6) is 0.836. The molecule has 0 saturated carbocycles. The Hall–Kier alpha value is -1.57. The van der Waals surface area contributed by atoms with Crippen molar-refractivity contribution in [1.82, 2.24) is 15.2 Å². The average Bonchev–Trinajstić information content (AvgIpc) is 3.03. The van der Waals surface area contributed by atoms with E-state index in [0.29, 0.717) is 6.54 Å². The second-order valence-electron chi connectivity index (χ2n) is 6.79. The maximum Gasteiger partial charge on any atom is 0.319 e. The minimum Gasteiger partial charge on any atom is -0.337 e. The van der Waals surface area contributed by atoms with Gasteiger partial charge in [0.05, 0.1) is 0 Å². The van der Waals surface area contributed by atoms with Crippen molar-refractivity contribution in [1.29, 1.82) is 0 Å². The van der Waals surface area contributed by atoms with E-state index in [1.807, 2.05) is 36.6 Å². The highest BCUT2D eigenvalue weighted by atomic mass is 32.2. The van der Waals surface area contributed by atoms with Crippen LogP contribution in [0.15, 0.2) is 38.9 Å². The fourth-order valence-electron chi connectivity index (χ4n) is 2.87. The standard InChI is InChI=1S/C19H26N4OS2/c1-14-7-10-23(11-8-14)12-9-20-18(24)22-16-3-5-17(6-4-16)26-19-21-15(2)13-25-19/h3-6,13-14H,7-12H2,1-2H3,(H2,20,22,24). The van der Waals surface area contributed by atoms with Crippen molar-refractivity contribution in [3.8, 4) is 0 Å². The molecule has 2 heterocycles. The summed E-state index contributed by atoms with van der Waals surface area (Å²) in [5.41, 5.74) is 1.85. The molecule has 0 unspecified atom stereocenters. The van der Waals surface area contributed by atoms with Gasteiger partial charge in [-0.05, 0) is 63.0 Å². The summed E-state index contributed by atoms with van der Waals surface area (Å²) in [6.45, 7) is 8.19. The summed E-state index contributed by atoms with van der Waals surface area (Å²) in [7, 11) is 0. The van der Waals surface area contributed by atoms with Crippen LogP contribution >= 0.6 is 23.1 Å². The highest BCUT2D eigenvalue weighted by Gasteiger charge is 2.15. The largest absolute Gasteiger partial charge is 0.337 e. The number of aryl methyl sites for hydroxylation is 1. The molecule has 2 amide bonds. The second-order valence-corrected chi connectivity index (χ2v) is 8.97. The van der Waals surface area contributed by atoms with E-state index in [2.05, 4.69) is 27.4 Å². The van der Waals surface area contributed by atoms with Gasteiger partial charge in [-0.25, -0.2) is 9.78 Å². The normalized spacial score (nSPS) is 15.8. The lowest BCUT2D eigenvalue weighted by Gasteiger charge is -2.30. The first kappa shape index (κ1) is 19.2. The SMILES string of the molecule is Cc1csc(Sc2ccc(NC(=O)NCCN3CCC(C)CC3)cc2)n1. The number of benzene rings is 1. The van der Waals surface area contributed by atoms with Crippen molar-refractivity contribution in [2.75, 3.05) is 31.5 Å². The molecule has 1 aliphatic rings. The summed E-state index contributed by atoms with van der Waals surface area (Å²) in [4.78, 5) is 20.0. The smallest absolute Gasteiger partial charge is 0.319 e. The van der Waals surface area contributed by atoms with Crippen LogP contribution in [0.1, 0.15) is 25.5 Å². The molecule has 1 fully saturated rings. The third kappa shape index (κ3) is 6.00. The van der Waals surface area contributed by atoms with Gasteiger partial charge < -0.3 is 15.5 Å². The first-order valence-corrected chi connectivity index (χ1v) is 10.8. The van der Waals surface area contributed by atoms with Crippen LogP contribution in [0.2, 0.25) is 0 Å². The zero-order chi connectivity index (χ0) is 18.4. The zero-order valence-corrected chi connectivity index (χ0v) is 17.0. The molecule has 7 heteroatoms. The van der Waals surface area contributed by atoms with E-state index in [1.165, 1.54) is 12.8 Å². The molecular weight excluding hydrogens is 364 g/mol. The van der Waals surface area contributed by atoms with Gasteiger partial charge in [0.15, 0.2) is 4.34 Å². The Bertz CT molecular complexity index is 709. The number of hydrogen-bond acceptors (Lipinski definition) is 5. The molecule has 1 aliphatic heterocycles. The number of hydrogen-bond donors (Lipinski definition) is 2. The number of urea groups is 1. The predicted molar refractivity (Wildman–Crippen MR) is 109 cm³/mol. The number of nitrogens with zero attached hydrogens (tertiary/aromatic N) is 2. The first-order chi connectivity index (χ1) is 12.6. The van der Waals surface area contributed by atoms with Crippen LogP contribution in [0.3, 0.4) is 0 Å². The van der Waals surface area contributed by atoms with Gasteiger partial charge in [0.2, 0.25) is 0 Å². The van der Waals surface area contributed by atoms with Crippen molar-refractivity contribution < 1.29 is 4.79 Å². The number of piperidine rings is 1. The Morgan fingerprint density at radius 1 is 1.31 bits per heavy atom. The van der Waals surface area contributed by atoms with Gasteiger partial charge in [0.1, 0.15) is 0 Å². The molecule has 0 radical (unpaired) electrons. The molecule has 2 aromatic rings. The maximum absolute atomic E-state index is 12.0. The van der Waals surface area contributed by atoms with Crippen LogP contribution in [0.4, 0.5) is 10.5 Å². The van der Waals surface area contributed by atoms with Crippen molar-refractivity contribution >= 4 is 34.8 Å². The summed E-state index contributed by atoms with van der Waals surface area (Å²) in [5, 5.41) is 7.88. The summed E-state index contributed by atoms with van der Waals surface area (Å²) in [6, 6.07) is 7.71. The fourth-order valence-corrected chi connectivity index (χ4v) is 4.68. The molecule has 5 nitrogen and oxygen atoms in total. The van der Waals surface area contributed by atoms with Crippen LogP contribution in [0.25, 0.3) is 0 Å². The van der Waals surface area contributed by atoms with Crippen LogP contribution in [-0.4, -0.2) is 42.1 Å². The quantitative estimate of drug-likeness (QED) is 0.765. The average molecular weight is 391 g/mol. The van der Waals surface area contributed by atoms with E-state index in [0.717, 1.165) is 46.2 Å². The van der Waals surface area contributed by atoms with Crippen LogP contribution in [-0.2, 0) is 0 Å². The molecule has 1 saturated heterocycles. The number of aromatic nitrogens is 1. The van der Waals surface area contributed by atoms with Crippen molar-refractivity contribution in [3.63, 3.8) is 0 Å². The Labute approximate surface area is 163 Å². The minimum atomic E-state index is -0.147. The van der Waals surface area contributed by atoms with E-state index in [4.69, 9.17) is 0 Å². The van der Waals surface area contributed by atoms with Crippen LogP contribution in [0, 0.1) is 12.8 Å². The summed E-state index contributed by atoms with van der Waals surface area (Å²) in [6.07, 6.45) is 2.52. The number of carbonyl (C=O) groups excluding carboxylic acids is 1. The highest BCUT2D eigenvalue weighted by molar-refractivity contribution is 8.01. The monoisotopic (exact) mass is 390 g/mol. The van der Waals surface area contributed by atoms with E-state index in [1.54, 1.807) is 23.1 Å². The van der Waals surface area contributed by atoms with Gasteiger partial charge in [0, 0.05) is 34.7 Å². The molecule has 0 spiro atoms. The lowest BCUT2D eigenvalue weighted by molar-refractivity contribution is 0.192. The fraction of sp³-hybridized carbons (Fsp3) is 0.474. The number of likely N-dealkylation sites (tertiary alicyclic amines) is 1. The predicted octanol–water partition coefficient (Wildman–Crippen LogP) is 4.46. The van der Waals surface area contributed by atoms with E-state index < -0.39 is 0 Å². The number of amides is 2. The lowest BCUT2D eigenvalue weighted by atomic mass is 9.99. The minimum absolute atomic E-state index is 0.147. The molecule has 2 N–H and O–H groups in total. The first-order valence-electron chi connectivity index (χ1n) is 9.06. The van der Waals surface area contributed by atoms with Crippen LogP contribution < -0.4 is 10.6 Å².